The molecule has 0 aromatic heterocycles. The third-order valence-electron chi connectivity index (χ3n) is 9.52. The molecule has 274 valence electrons. The third-order valence-corrected chi connectivity index (χ3v) is 9.52. The van der Waals surface area contributed by atoms with E-state index in [4.69, 9.17) is 23.7 Å². The van der Waals surface area contributed by atoms with Gasteiger partial charge in [0, 0.05) is 38.2 Å². The fourth-order valence-corrected chi connectivity index (χ4v) is 6.80. The molecule has 2 amide bonds. The van der Waals surface area contributed by atoms with Crippen LogP contribution in [0.1, 0.15) is 59.1 Å². The lowest BCUT2D eigenvalue weighted by atomic mass is 9.96. The fraction of sp³-hybridized carbons (Fsp3) is 0.366. The minimum atomic E-state index is -0.586. The van der Waals surface area contributed by atoms with Gasteiger partial charge in [-0.3, -0.25) is 9.69 Å². The molecule has 52 heavy (non-hydrogen) atoms. The topological polar surface area (TPSA) is 128 Å². The van der Waals surface area contributed by atoms with Crippen LogP contribution in [0.4, 0.5) is 4.79 Å². The van der Waals surface area contributed by atoms with Gasteiger partial charge < -0.3 is 39.4 Å². The number of nitrogens with zero attached hydrogens (tertiary/aromatic N) is 1. The summed E-state index contributed by atoms with van der Waals surface area (Å²) in [5.74, 6) is 0.999. The molecule has 4 aromatic rings. The highest BCUT2D eigenvalue weighted by molar-refractivity contribution is 5.81. The molecule has 11 nitrogen and oxygen atoms in total. The number of nitrogens with one attached hydrogen (secondary N) is 2. The lowest BCUT2D eigenvalue weighted by molar-refractivity contribution is -0.253. The van der Waals surface area contributed by atoms with Crippen LogP contribution in [-0.2, 0) is 45.1 Å². The van der Waals surface area contributed by atoms with Gasteiger partial charge in [-0.05, 0) is 64.4 Å². The first-order valence-electron chi connectivity index (χ1n) is 17.7. The lowest BCUT2D eigenvalue weighted by Gasteiger charge is -2.39. The highest BCUT2D eigenvalue weighted by atomic mass is 16.7. The molecule has 2 aliphatic heterocycles. The van der Waals surface area contributed by atoms with Crippen LogP contribution in [-0.4, -0.2) is 68.6 Å². The number of hydrogen-bond acceptors (Lipinski definition) is 9. The van der Waals surface area contributed by atoms with Crippen LogP contribution in [0.2, 0.25) is 0 Å². The molecule has 2 heterocycles. The van der Waals surface area contributed by atoms with Crippen LogP contribution in [0.25, 0.3) is 11.1 Å². The van der Waals surface area contributed by atoms with Gasteiger partial charge in [-0.15, -0.1) is 0 Å². The Morgan fingerprint density at radius 2 is 1.60 bits per heavy atom. The largest absolute Gasteiger partial charge is 0.493 e. The van der Waals surface area contributed by atoms with Crippen molar-refractivity contribution in [1.82, 2.24) is 15.5 Å². The summed E-state index contributed by atoms with van der Waals surface area (Å²) in [6.45, 7) is 4.48. The predicted octanol–water partition coefficient (Wildman–Crippen LogP) is 5.83. The number of aliphatic hydroxyl groups is 1. The molecular weight excluding hydrogens is 662 g/mol. The van der Waals surface area contributed by atoms with Crippen molar-refractivity contribution in [2.75, 3.05) is 40.5 Å². The van der Waals surface area contributed by atoms with Crippen LogP contribution in [0.5, 0.6) is 11.5 Å². The number of rotatable bonds is 13. The van der Waals surface area contributed by atoms with Gasteiger partial charge in [-0.2, -0.15) is 0 Å². The lowest BCUT2D eigenvalue weighted by Crippen LogP contribution is -2.41. The molecule has 4 aromatic carbocycles. The van der Waals surface area contributed by atoms with Gasteiger partial charge in [0.1, 0.15) is 6.54 Å². The van der Waals surface area contributed by atoms with Crippen LogP contribution in [0.15, 0.2) is 84.9 Å². The molecule has 6 rings (SSSR count). The standard InChI is InChI=1S/C41H47N3O8/c1-4-50-39(46)23-43-41(47)42-22-32-7-5-6-8-35(32)28-13-15-30(16-14-28)40-51-34(21-36(52-40)29-11-9-27(26-45)10-12-29)25-44-18-17-31-19-37(48-2)38(49-3)20-33(31)24-44/h5-16,19-20,34,36,40,45H,4,17-18,21-26H2,1-3H3,(H2,42,43,47)/t34-,36+,40+/m0/s1. The first kappa shape index (κ1) is 36.8. The van der Waals surface area contributed by atoms with E-state index in [9.17, 15) is 14.7 Å². The van der Waals surface area contributed by atoms with E-state index in [1.165, 1.54) is 11.1 Å². The summed E-state index contributed by atoms with van der Waals surface area (Å²) in [6, 6.07) is 27.6. The van der Waals surface area contributed by atoms with E-state index in [2.05, 4.69) is 27.7 Å². The summed E-state index contributed by atoms with van der Waals surface area (Å²) in [7, 11) is 3.33. The normalized spacial score (nSPS) is 18.6. The quantitative estimate of drug-likeness (QED) is 0.147. The highest BCUT2D eigenvalue weighted by Gasteiger charge is 2.34. The molecular formula is C41H47N3O8. The van der Waals surface area contributed by atoms with E-state index in [0.29, 0.717) is 6.42 Å². The maximum atomic E-state index is 12.3. The Bertz CT molecular complexity index is 1810. The van der Waals surface area contributed by atoms with Crippen molar-refractivity contribution in [3.05, 3.63) is 118 Å². The molecule has 3 N–H and O–H groups in total. The number of fused-ring (bicyclic) bond motifs is 1. The van der Waals surface area contributed by atoms with Crippen LogP contribution >= 0.6 is 0 Å². The zero-order chi connectivity index (χ0) is 36.5. The summed E-state index contributed by atoms with van der Waals surface area (Å²) >= 11 is 0. The van der Waals surface area contributed by atoms with E-state index in [0.717, 1.165) is 70.9 Å². The number of ether oxygens (including phenoxy) is 5. The fourth-order valence-electron chi connectivity index (χ4n) is 6.80. The van der Waals surface area contributed by atoms with Gasteiger partial charge in [-0.1, -0.05) is 72.8 Å². The second kappa shape index (κ2) is 17.5. The average molecular weight is 710 g/mol. The smallest absolute Gasteiger partial charge is 0.325 e. The Labute approximate surface area is 304 Å². The second-order valence-corrected chi connectivity index (χ2v) is 12.9. The Morgan fingerprint density at radius 1 is 0.885 bits per heavy atom. The Balaban J connectivity index is 1.16. The molecule has 0 bridgehead atoms. The van der Waals surface area contributed by atoms with Crippen LogP contribution in [0.3, 0.4) is 0 Å². The number of hydrogen-bond donors (Lipinski definition) is 3. The van der Waals surface area contributed by atoms with E-state index in [1.54, 1.807) is 21.1 Å². The van der Waals surface area contributed by atoms with E-state index in [-0.39, 0.29) is 38.5 Å². The number of aliphatic hydroxyl groups excluding tert-OH is 1. The van der Waals surface area contributed by atoms with Crippen LogP contribution in [0, 0.1) is 0 Å². The molecule has 0 aliphatic carbocycles. The van der Waals surface area contributed by atoms with Crippen molar-refractivity contribution in [1.29, 1.82) is 0 Å². The van der Waals surface area contributed by atoms with E-state index in [1.807, 2.05) is 72.8 Å². The Hall–Kier alpha value is -4.94. The van der Waals surface area contributed by atoms with Gasteiger partial charge >= 0.3 is 12.0 Å². The van der Waals surface area contributed by atoms with Gasteiger partial charge in [0.05, 0.1) is 39.6 Å². The molecule has 2 aliphatic rings. The number of methoxy groups -OCH3 is 2. The van der Waals surface area contributed by atoms with Crippen molar-refractivity contribution >= 4 is 12.0 Å². The van der Waals surface area contributed by atoms with E-state index >= 15 is 0 Å². The summed E-state index contributed by atoms with van der Waals surface area (Å²) < 4.78 is 29.3. The number of amides is 2. The van der Waals surface area contributed by atoms with Crippen molar-refractivity contribution in [2.45, 2.75) is 58.0 Å². The zero-order valence-electron chi connectivity index (χ0n) is 29.9. The highest BCUT2D eigenvalue weighted by Crippen LogP contribution is 2.40. The summed E-state index contributed by atoms with van der Waals surface area (Å²) in [5.41, 5.74) is 8.19. The van der Waals surface area contributed by atoms with Gasteiger partial charge in [0.2, 0.25) is 0 Å². The first-order chi connectivity index (χ1) is 25.4. The zero-order valence-corrected chi connectivity index (χ0v) is 29.9. The molecule has 3 atom stereocenters. The van der Waals surface area contributed by atoms with Crippen molar-refractivity contribution in [3.63, 3.8) is 0 Å². The Kier molecular flexibility index (Phi) is 12.4. The molecule has 1 fully saturated rings. The third kappa shape index (κ3) is 9.10. The molecule has 1 saturated heterocycles. The molecule has 0 radical (unpaired) electrons. The monoisotopic (exact) mass is 709 g/mol. The number of carbonyl (C=O) groups is 2. The van der Waals surface area contributed by atoms with Crippen molar-refractivity contribution in [3.8, 4) is 22.6 Å². The maximum absolute atomic E-state index is 12.3. The summed E-state index contributed by atoms with van der Waals surface area (Å²) in [4.78, 5) is 26.4. The number of carbonyl (C=O) groups excluding carboxylic acids is 2. The number of esters is 1. The van der Waals surface area contributed by atoms with Crippen molar-refractivity contribution < 1.29 is 38.4 Å². The van der Waals surface area contributed by atoms with Crippen molar-refractivity contribution in [2.24, 2.45) is 0 Å². The SMILES string of the molecule is CCOC(=O)CNC(=O)NCc1ccccc1-c1ccc([C@@H]2O[C@H](CN3CCc4cc(OC)c(OC)cc4C3)C[C@H](c3ccc(CO)cc3)O2)cc1. The Morgan fingerprint density at radius 3 is 2.31 bits per heavy atom. The van der Waals surface area contributed by atoms with Gasteiger partial charge in [-0.25, -0.2) is 4.79 Å². The van der Waals surface area contributed by atoms with Gasteiger partial charge in [0.25, 0.3) is 0 Å². The number of urea groups is 1. The van der Waals surface area contributed by atoms with Crippen LogP contribution < -0.4 is 20.1 Å². The molecule has 11 heteroatoms. The second-order valence-electron chi connectivity index (χ2n) is 12.9. The first-order valence-corrected chi connectivity index (χ1v) is 17.7. The minimum absolute atomic E-state index is 0.0124. The summed E-state index contributed by atoms with van der Waals surface area (Å²) in [5, 5.41) is 15.0. The molecule has 0 spiro atoms. The average Bonchev–Trinajstić information content (AvgIpc) is 3.19. The molecule has 0 unspecified atom stereocenters. The molecule has 0 saturated carbocycles. The van der Waals surface area contributed by atoms with Gasteiger partial charge in [0.15, 0.2) is 17.8 Å². The predicted molar refractivity (Wildman–Crippen MR) is 196 cm³/mol. The number of benzene rings is 4. The summed E-state index contributed by atoms with van der Waals surface area (Å²) in [6.07, 6.45) is 0.724. The van der Waals surface area contributed by atoms with E-state index < -0.39 is 18.3 Å². The minimum Gasteiger partial charge on any atom is -0.493 e. The maximum Gasteiger partial charge on any atom is 0.325 e.